The summed E-state index contributed by atoms with van der Waals surface area (Å²) in [6.45, 7) is 0. The molecular weight excluding hydrogens is 315 g/mol. The number of carbonyl (C=O) groups is 3. The smallest absolute Gasteiger partial charge is 0.450 e. The van der Waals surface area contributed by atoms with Gasteiger partial charge in [-0.25, -0.2) is 0 Å². The highest BCUT2D eigenvalue weighted by molar-refractivity contribution is 6.10. The van der Waals surface area contributed by atoms with Gasteiger partial charge in [-0.3, -0.25) is 14.4 Å². The van der Waals surface area contributed by atoms with Gasteiger partial charge in [0.25, 0.3) is 0 Å². The van der Waals surface area contributed by atoms with Crippen LogP contribution in [0, 0.1) is 0 Å². The van der Waals surface area contributed by atoms with Gasteiger partial charge in [0, 0.05) is 11.1 Å². The van der Waals surface area contributed by atoms with Crippen LogP contribution in [0.25, 0.3) is 11.3 Å². The molecule has 5 nitrogen and oxygen atoms in total. The Morgan fingerprint density at radius 2 is 1.96 bits per heavy atom. The maximum atomic E-state index is 12.2. The number of amides is 1. The van der Waals surface area contributed by atoms with E-state index in [2.05, 4.69) is 5.32 Å². The van der Waals surface area contributed by atoms with E-state index in [0.717, 1.165) is 0 Å². The molecule has 8 heteroatoms. The number of nitrogens with one attached hydrogen (secondary N) is 1. The predicted molar refractivity (Wildman–Crippen MR) is 73.8 cm³/mol. The fraction of sp³-hybridized carbons (Fsp3) is 0.133. The van der Waals surface area contributed by atoms with E-state index in [4.69, 9.17) is 4.42 Å². The Balaban J connectivity index is 2.31. The number of furan rings is 1. The van der Waals surface area contributed by atoms with Crippen LogP contribution in [-0.4, -0.2) is 24.2 Å². The third-order valence-electron chi connectivity index (χ3n) is 2.98. The van der Waals surface area contributed by atoms with Crippen LogP contribution in [0.5, 0.6) is 0 Å². The minimum Gasteiger partial charge on any atom is -0.464 e. The van der Waals surface area contributed by atoms with E-state index in [1.54, 1.807) is 12.1 Å². The van der Waals surface area contributed by atoms with Gasteiger partial charge in [0.05, 0.1) is 18.4 Å². The van der Waals surface area contributed by atoms with Crippen LogP contribution in [0.15, 0.2) is 41.0 Å². The van der Waals surface area contributed by atoms with E-state index in [9.17, 15) is 27.6 Å². The molecule has 1 amide bonds. The molecule has 0 saturated heterocycles. The molecule has 0 aliphatic heterocycles. The maximum absolute atomic E-state index is 12.2. The number of carbonyl (C=O) groups excluding carboxylic acids is 3. The van der Waals surface area contributed by atoms with Crippen molar-refractivity contribution in [1.29, 1.82) is 0 Å². The Morgan fingerprint density at radius 1 is 1.22 bits per heavy atom. The fourth-order valence-corrected chi connectivity index (χ4v) is 1.90. The first-order valence-corrected chi connectivity index (χ1v) is 6.34. The summed E-state index contributed by atoms with van der Waals surface area (Å²) < 4.78 is 41.8. The van der Waals surface area contributed by atoms with Gasteiger partial charge in [-0.2, -0.15) is 13.2 Å². The molecule has 120 valence electrons. The second kappa shape index (κ2) is 6.47. The summed E-state index contributed by atoms with van der Waals surface area (Å²) in [5.74, 6) is -2.71. The van der Waals surface area contributed by atoms with Crippen LogP contribution >= 0.6 is 0 Å². The standard InChI is InChI=1S/C15H10F3NO4/c16-15(17,18)14(22)7-12(21)9-3-4-10(11(6-9)19-8-20)13-2-1-5-23-13/h1-6,8H,7H2,(H,19,20). The number of halogens is 3. The molecule has 1 heterocycles. The topological polar surface area (TPSA) is 76.4 Å². The molecule has 1 N–H and O–H groups in total. The number of hydrogen-bond acceptors (Lipinski definition) is 4. The van der Waals surface area contributed by atoms with Gasteiger partial charge in [-0.15, -0.1) is 0 Å². The van der Waals surface area contributed by atoms with Crippen molar-refractivity contribution in [3.63, 3.8) is 0 Å². The van der Waals surface area contributed by atoms with Crippen molar-refractivity contribution in [3.05, 3.63) is 42.2 Å². The number of anilines is 1. The van der Waals surface area contributed by atoms with Crippen molar-refractivity contribution in [2.75, 3.05) is 5.32 Å². The second-order valence-electron chi connectivity index (χ2n) is 4.52. The van der Waals surface area contributed by atoms with Gasteiger partial charge < -0.3 is 9.73 Å². The molecule has 0 aliphatic rings. The Bertz CT molecular complexity index is 736. The summed E-state index contributed by atoms with van der Waals surface area (Å²) >= 11 is 0. The summed E-state index contributed by atoms with van der Waals surface area (Å²) in [5.41, 5.74) is 0.503. The zero-order chi connectivity index (χ0) is 17.0. The number of Topliss-reactive ketones (excluding diaryl/α,β-unsaturated/α-hetero) is 2. The number of rotatable bonds is 6. The van der Waals surface area contributed by atoms with Crippen LogP contribution in [0.4, 0.5) is 18.9 Å². The van der Waals surface area contributed by atoms with Gasteiger partial charge >= 0.3 is 6.18 Å². The highest BCUT2D eigenvalue weighted by Crippen LogP contribution is 2.30. The van der Waals surface area contributed by atoms with Crippen molar-refractivity contribution in [1.82, 2.24) is 0 Å². The lowest BCUT2D eigenvalue weighted by molar-refractivity contribution is -0.170. The fourth-order valence-electron chi connectivity index (χ4n) is 1.90. The van der Waals surface area contributed by atoms with Crippen molar-refractivity contribution in [3.8, 4) is 11.3 Å². The Hall–Kier alpha value is -2.90. The zero-order valence-corrected chi connectivity index (χ0v) is 11.5. The van der Waals surface area contributed by atoms with Crippen molar-refractivity contribution >= 4 is 23.7 Å². The average Bonchev–Trinajstić information content (AvgIpc) is 3.00. The highest BCUT2D eigenvalue weighted by Gasteiger charge is 2.39. The minimum atomic E-state index is -5.06. The van der Waals surface area contributed by atoms with Crippen molar-refractivity contribution in [2.45, 2.75) is 12.6 Å². The number of benzene rings is 1. The van der Waals surface area contributed by atoms with E-state index < -0.39 is 24.2 Å². The molecule has 23 heavy (non-hydrogen) atoms. The van der Waals surface area contributed by atoms with Crippen molar-refractivity contribution in [2.24, 2.45) is 0 Å². The predicted octanol–water partition coefficient (Wildman–Crippen LogP) is 3.22. The Kier molecular flexibility index (Phi) is 4.63. The van der Waals surface area contributed by atoms with E-state index >= 15 is 0 Å². The summed E-state index contributed by atoms with van der Waals surface area (Å²) in [4.78, 5) is 33.3. The van der Waals surface area contributed by atoms with Gasteiger partial charge in [0.2, 0.25) is 12.2 Å². The zero-order valence-electron chi connectivity index (χ0n) is 11.5. The lowest BCUT2D eigenvalue weighted by atomic mass is 10.0. The number of alkyl halides is 3. The first kappa shape index (κ1) is 16.5. The quantitative estimate of drug-likeness (QED) is 0.502. The molecule has 0 aliphatic carbocycles. The lowest BCUT2D eigenvalue weighted by Crippen LogP contribution is -2.25. The Morgan fingerprint density at radius 3 is 2.52 bits per heavy atom. The number of ketones is 2. The summed E-state index contributed by atoms with van der Waals surface area (Å²) in [6.07, 6.45) is -4.59. The maximum Gasteiger partial charge on any atom is 0.450 e. The van der Waals surface area contributed by atoms with Gasteiger partial charge in [0.1, 0.15) is 5.76 Å². The first-order chi connectivity index (χ1) is 10.8. The van der Waals surface area contributed by atoms with E-state index in [0.29, 0.717) is 17.7 Å². The van der Waals surface area contributed by atoms with Gasteiger partial charge in [-0.05, 0) is 24.3 Å². The van der Waals surface area contributed by atoms with E-state index in [1.807, 2.05) is 0 Å². The molecule has 0 fully saturated rings. The highest BCUT2D eigenvalue weighted by atomic mass is 19.4. The molecule has 1 aromatic heterocycles. The lowest BCUT2D eigenvalue weighted by Gasteiger charge is -2.09. The molecule has 1 aromatic carbocycles. The molecule has 0 atom stereocenters. The van der Waals surface area contributed by atoms with Crippen LogP contribution in [0.2, 0.25) is 0 Å². The third kappa shape index (κ3) is 3.85. The monoisotopic (exact) mass is 325 g/mol. The van der Waals surface area contributed by atoms with Crippen molar-refractivity contribution < 1.29 is 32.0 Å². The van der Waals surface area contributed by atoms with Gasteiger partial charge in [0.15, 0.2) is 5.78 Å². The summed E-state index contributed by atoms with van der Waals surface area (Å²) in [6, 6.07) is 7.09. The number of hydrogen-bond donors (Lipinski definition) is 1. The van der Waals surface area contributed by atoms with Crippen LogP contribution in [0.1, 0.15) is 16.8 Å². The largest absolute Gasteiger partial charge is 0.464 e. The Labute approximate surface area is 128 Å². The molecule has 2 aromatic rings. The molecular formula is C15H10F3NO4. The van der Waals surface area contributed by atoms with E-state index in [-0.39, 0.29) is 11.3 Å². The molecule has 0 bridgehead atoms. The van der Waals surface area contributed by atoms with E-state index in [1.165, 1.54) is 24.5 Å². The molecule has 2 rings (SSSR count). The summed E-state index contributed by atoms with van der Waals surface area (Å²) in [7, 11) is 0. The van der Waals surface area contributed by atoms with Crippen LogP contribution < -0.4 is 5.32 Å². The van der Waals surface area contributed by atoms with Gasteiger partial charge in [-0.1, -0.05) is 6.07 Å². The molecule has 0 unspecified atom stereocenters. The molecule has 0 spiro atoms. The SMILES string of the molecule is O=CNc1cc(C(=O)CC(=O)C(F)(F)F)ccc1-c1ccco1. The molecule has 0 radical (unpaired) electrons. The van der Waals surface area contributed by atoms with Crippen LogP contribution in [-0.2, 0) is 9.59 Å². The third-order valence-corrected chi connectivity index (χ3v) is 2.98. The second-order valence-corrected chi connectivity index (χ2v) is 4.52. The normalized spacial score (nSPS) is 11.1. The first-order valence-electron chi connectivity index (χ1n) is 6.34. The average molecular weight is 325 g/mol. The summed E-state index contributed by atoms with van der Waals surface area (Å²) in [5, 5.41) is 2.34. The minimum absolute atomic E-state index is 0.123. The molecule has 0 saturated carbocycles. The van der Waals surface area contributed by atoms with Crippen LogP contribution in [0.3, 0.4) is 0 Å².